The summed E-state index contributed by atoms with van der Waals surface area (Å²) in [4.78, 5) is 2.15. The average molecular weight is 283 g/mol. The van der Waals surface area contributed by atoms with Crippen molar-refractivity contribution in [2.45, 2.75) is 20.4 Å². The zero-order chi connectivity index (χ0) is 14.1. The number of nitrogens with zero attached hydrogens (tertiary/aromatic N) is 3. The van der Waals surface area contributed by atoms with E-state index in [4.69, 9.17) is 0 Å². The first-order valence-electron chi connectivity index (χ1n) is 6.62. The normalized spacial score (nSPS) is 10.9. The molecule has 0 N–H and O–H groups in total. The molecular weight excluding hydrogens is 266 g/mol. The maximum Gasteiger partial charge on any atom is 0.151 e. The van der Waals surface area contributed by atoms with Crippen molar-refractivity contribution < 1.29 is 0 Å². The Kier molecular flexibility index (Phi) is 3.40. The maximum absolute atomic E-state index is 4.28. The smallest absolute Gasteiger partial charge is 0.151 e. The molecule has 0 bridgehead atoms. The Labute approximate surface area is 122 Å². The van der Waals surface area contributed by atoms with Gasteiger partial charge in [-0.25, -0.2) is 0 Å². The van der Waals surface area contributed by atoms with Crippen LogP contribution in [-0.2, 0) is 6.54 Å². The summed E-state index contributed by atoms with van der Waals surface area (Å²) in [5.41, 5.74) is 3.51. The molecule has 4 heteroatoms. The minimum atomic E-state index is 0.848. The number of rotatable bonds is 3. The fourth-order valence-electron chi connectivity index (χ4n) is 2.21. The number of fused-ring (bicyclic) bond motifs is 1. The van der Waals surface area contributed by atoms with Crippen LogP contribution >= 0.6 is 11.3 Å². The second-order valence-corrected chi connectivity index (χ2v) is 6.00. The van der Waals surface area contributed by atoms with E-state index in [1.807, 2.05) is 6.92 Å². The van der Waals surface area contributed by atoms with E-state index in [2.05, 4.69) is 64.8 Å². The number of anilines is 1. The fourth-order valence-corrected chi connectivity index (χ4v) is 3.16. The van der Waals surface area contributed by atoms with Crippen molar-refractivity contribution in [3.8, 4) is 0 Å². The van der Waals surface area contributed by atoms with Crippen molar-refractivity contribution in [1.82, 2.24) is 10.2 Å². The third-order valence-electron chi connectivity index (χ3n) is 3.58. The molecule has 0 radical (unpaired) electrons. The van der Waals surface area contributed by atoms with Crippen LogP contribution in [0.3, 0.4) is 0 Å². The molecule has 0 aliphatic heterocycles. The van der Waals surface area contributed by atoms with Crippen LogP contribution in [0.25, 0.3) is 10.1 Å². The molecule has 0 spiro atoms. The molecule has 0 fully saturated rings. The Bertz CT molecular complexity index is 748. The molecule has 0 unspecified atom stereocenters. The van der Waals surface area contributed by atoms with Crippen LogP contribution in [0.1, 0.15) is 16.8 Å². The highest BCUT2D eigenvalue weighted by Gasteiger charge is 2.09. The Morgan fingerprint density at radius 1 is 1.15 bits per heavy atom. The molecule has 0 amide bonds. The minimum absolute atomic E-state index is 0.848. The summed E-state index contributed by atoms with van der Waals surface area (Å²) in [6.45, 7) is 4.90. The lowest BCUT2D eigenvalue weighted by molar-refractivity contribution is 0.855. The fraction of sp³-hybridized carbons (Fsp3) is 0.250. The van der Waals surface area contributed by atoms with Gasteiger partial charge in [0.05, 0.1) is 5.69 Å². The topological polar surface area (TPSA) is 29.0 Å². The molecule has 2 aromatic heterocycles. The van der Waals surface area contributed by atoms with Crippen LogP contribution in [0.15, 0.2) is 35.7 Å². The van der Waals surface area contributed by atoms with Crippen LogP contribution < -0.4 is 4.90 Å². The number of aromatic nitrogens is 2. The summed E-state index contributed by atoms with van der Waals surface area (Å²) in [7, 11) is 2.06. The molecule has 1 aromatic carbocycles. The van der Waals surface area contributed by atoms with Gasteiger partial charge in [-0.2, -0.15) is 5.10 Å². The van der Waals surface area contributed by atoms with Gasteiger partial charge < -0.3 is 4.90 Å². The second kappa shape index (κ2) is 5.21. The van der Waals surface area contributed by atoms with Crippen molar-refractivity contribution in [2.75, 3.05) is 11.9 Å². The van der Waals surface area contributed by atoms with Crippen molar-refractivity contribution in [3.63, 3.8) is 0 Å². The second-order valence-electron chi connectivity index (χ2n) is 5.08. The zero-order valence-electron chi connectivity index (χ0n) is 11.9. The number of aryl methyl sites for hydroxylation is 2. The summed E-state index contributed by atoms with van der Waals surface area (Å²) in [5, 5.41) is 12.0. The van der Waals surface area contributed by atoms with Gasteiger partial charge in [-0.1, -0.05) is 18.2 Å². The first-order valence-corrected chi connectivity index (χ1v) is 7.50. The van der Waals surface area contributed by atoms with E-state index in [9.17, 15) is 0 Å². The highest BCUT2D eigenvalue weighted by Crippen LogP contribution is 2.27. The molecule has 20 heavy (non-hydrogen) atoms. The van der Waals surface area contributed by atoms with Crippen molar-refractivity contribution in [3.05, 3.63) is 52.5 Å². The number of benzene rings is 1. The lowest BCUT2D eigenvalue weighted by atomic mass is 10.1. The van der Waals surface area contributed by atoms with E-state index in [1.54, 1.807) is 11.3 Å². The summed E-state index contributed by atoms with van der Waals surface area (Å²) >= 11 is 1.79. The average Bonchev–Trinajstić information content (AvgIpc) is 2.85. The van der Waals surface area contributed by atoms with Crippen LogP contribution in [0.2, 0.25) is 0 Å². The van der Waals surface area contributed by atoms with Crippen LogP contribution in [0.5, 0.6) is 0 Å². The summed E-state index contributed by atoms with van der Waals surface area (Å²) in [5.74, 6) is 0.920. The quantitative estimate of drug-likeness (QED) is 0.729. The van der Waals surface area contributed by atoms with E-state index < -0.39 is 0 Å². The number of hydrogen-bond donors (Lipinski definition) is 0. The largest absolute Gasteiger partial charge is 0.354 e. The van der Waals surface area contributed by atoms with Gasteiger partial charge in [0, 0.05) is 18.3 Å². The highest BCUT2D eigenvalue weighted by atomic mass is 32.1. The minimum Gasteiger partial charge on any atom is -0.354 e. The van der Waals surface area contributed by atoms with Crippen LogP contribution in [0, 0.1) is 13.8 Å². The molecule has 2 heterocycles. The summed E-state index contributed by atoms with van der Waals surface area (Å²) < 4.78 is 1.34. The Hall–Kier alpha value is -1.94. The lowest BCUT2D eigenvalue weighted by Gasteiger charge is -2.18. The van der Waals surface area contributed by atoms with Crippen LogP contribution in [-0.4, -0.2) is 17.2 Å². The first-order chi connectivity index (χ1) is 9.65. The molecule has 3 aromatic rings. The SMILES string of the molecule is Cc1cc(N(C)Cc2csc3ccccc23)nnc1C. The summed E-state index contributed by atoms with van der Waals surface area (Å²) in [6, 6.07) is 10.6. The third kappa shape index (κ3) is 2.39. The van der Waals surface area contributed by atoms with Crippen molar-refractivity contribution in [2.24, 2.45) is 0 Å². The zero-order valence-corrected chi connectivity index (χ0v) is 12.7. The first kappa shape index (κ1) is 13.1. The summed E-state index contributed by atoms with van der Waals surface area (Å²) in [6.07, 6.45) is 0. The number of hydrogen-bond acceptors (Lipinski definition) is 4. The maximum atomic E-state index is 4.28. The Morgan fingerprint density at radius 3 is 2.75 bits per heavy atom. The monoisotopic (exact) mass is 283 g/mol. The third-order valence-corrected chi connectivity index (χ3v) is 4.59. The molecule has 0 atom stereocenters. The molecule has 3 rings (SSSR count). The van der Waals surface area contributed by atoms with E-state index in [0.29, 0.717) is 0 Å². The van der Waals surface area contributed by atoms with Gasteiger partial charge in [0.1, 0.15) is 0 Å². The Balaban J connectivity index is 1.88. The molecule has 0 saturated carbocycles. The molecular formula is C16H17N3S. The van der Waals surface area contributed by atoms with Gasteiger partial charge in [-0.15, -0.1) is 16.4 Å². The number of thiophene rings is 1. The Morgan fingerprint density at radius 2 is 1.95 bits per heavy atom. The van der Waals surface area contributed by atoms with Gasteiger partial charge in [0.15, 0.2) is 5.82 Å². The van der Waals surface area contributed by atoms with E-state index >= 15 is 0 Å². The van der Waals surface area contributed by atoms with Gasteiger partial charge >= 0.3 is 0 Å². The van der Waals surface area contributed by atoms with Gasteiger partial charge in [0.25, 0.3) is 0 Å². The molecule has 0 aliphatic carbocycles. The van der Waals surface area contributed by atoms with Crippen molar-refractivity contribution in [1.29, 1.82) is 0 Å². The van der Waals surface area contributed by atoms with E-state index in [1.165, 1.54) is 21.2 Å². The van der Waals surface area contributed by atoms with Gasteiger partial charge in [-0.05, 0) is 47.9 Å². The standard InChI is InChI=1S/C16H17N3S/c1-11-8-16(18-17-12(11)2)19(3)9-13-10-20-15-7-5-4-6-14(13)15/h4-8,10H,9H2,1-3H3. The molecule has 0 aliphatic rings. The molecule has 0 saturated heterocycles. The lowest BCUT2D eigenvalue weighted by Crippen LogP contribution is -2.18. The molecule has 3 nitrogen and oxygen atoms in total. The van der Waals surface area contributed by atoms with Gasteiger partial charge in [0.2, 0.25) is 0 Å². The molecule has 102 valence electrons. The van der Waals surface area contributed by atoms with Crippen LogP contribution in [0.4, 0.5) is 5.82 Å². The van der Waals surface area contributed by atoms with Gasteiger partial charge in [-0.3, -0.25) is 0 Å². The van der Waals surface area contributed by atoms with E-state index in [0.717, 1.165) is 18.1 Å². The highest BCUT2D eigenvalue weighted by molar-refractivity contribution is 7.17. The van der Waals surface area contributed by atoms with Crippen molar-refractivity contribution >= 4 is 27.2 Å². The predicted octanol–water partition coefficient (Wildman–Crippen LogP) is 3.94. The van der Waals surface area contributed by atoms with E-state index in [-0.39, 0.29) is 0 Å². The predicted molar refractivity (Wildman–Crippen MR) is 85.4 cm³/mol.